The molecule has 0 aliphatic heterocycles. The molecule has 0 fully saturated rings. The minimum absolute atomic E-state index is 0.0249. The molecule has 0 bridgehead atoms. The summed E-state index contributed by atoms with van der Waals surface area (Å²) in [5.74, 6) is 0.867. The Morgan fingerprint density at radius 2 is 1.82 bits per heavy atom. The van der Waals surface area contributed by atoms with Crippen molar-refractivity contribution >= 4 is 16.7 Å². The zero-order valence-electron chi connectivity index (χ0n) is 11.6. The second-order valence-corrected chi connectivity index (χ2v) is 6.71. The van der Waals surface area contributed by atoms with Crippen molar-refractivity contribution in [2.75, 3.05) is 18.0 Å². The maximum absolute atomic E-state index is 9.86. The molecule has 0 aromatic carbocycles. The standard InChI is InChI=1S/C12H23N3OS/c1-7-15(8-12(5,6)16)10-13-9(14-17-10)11(2,3)4/h16H,7-8H2,1-6H3. The summed E-state index contributed by atoms with van der Waals surface area (Å²) in [6.45, 7) is 13.4. The van der Waals surface area contributed by atoms with Gasteiger partial charge < -0.3 is 10.0 Å². The van der Waals surface area contributed by atoms with E-state index in [2.05, 4.69) is 42.0 Å². The Kier molecular flexibility index (Phi) is 4.15. The van der Waals surface area contributed by atoms with E-state index in [-0.39, 0.29) is 5.41 Å². The molecule has 0 aliphatic rings. The van der Waals surface area contributed by atoms with Crippen LogP contribution in [0, 0.1) is 0 Å². The van der Waals surface area contributed by atoms with Crippen LogP contribution in [0.5, 0.6) is 0 Å². The summed E-state index contributed by atoms with van der Waals surface area (Å²) in [6.07, 6.45) is 0. The smallest absolute Gasteiger partial charge is 0.205 e. The fourth-order valence-electron chi connectivity index (χ4n) is 1.43. The summed E-state index contributed by atoms with van der Waals surface area (Å²) in [5.41, 5.74) is -0.744. The van der Waals surface area contributed by atoms with E-state index >= 15 is 0 Å². The maximum Gasteiger partial charge on any atom is 0.205 e. The third kappa shape index (κ3) is 4.24. The van der Waals surface area contributed by atoms with E-state index in [9.17, 15) is 5.11 Å². The van der Waals surface area contributed by atoms with Crippen molar-refractivity contribution in [1.82, 2.24) is 9.36 Å². The van der Waals surface area contributed by atoms with Gasteiger partial charge in [0, 0.05) is 30.0 Å². The van der Waals surface area contributed by atoms with Crippen LogP contribution < -0.4 is 4.90 Å². The topological polar surface area (TPSA) is 49.2 Å². The minimum Gasteiger partial charge on any atom is -0.389 e. The summed E-state index contributed by atoms with van der Waals surface area (Å²) in [6, 6.07) is 0. The van der Waals surface area contributed by atoms with Crippen LogP contribution in [0.15, 0.2) is 0 Å². The van der Waals surface area contributed by atoms with E-state index in [1.165, 1.54) is 11.5 Å². The zero-order chi connectivity index (χ0) is 13.3. The third-order valence-electron chi connectivity index (χ3n) is 2.32. The van der Waals surface area contributed by atoms with Crippen LogP contribution in [0.4, 0.5) is 5.13 Å². The van der Waals surface area contributed by atoms with E-state index < -0.39 is 5.60 Å². The molecule has 0 radical (unpaired) electrons. The molecule has 1 aromatic rings. The monoisotopic (exact) mass is 257 g/mol. The van der Waals surface area contributed by atoms with Gasteiger partial charge in [0.05, 0.1) is 5.60 Å². The Labute approximate surface area is 108 Å². The molecule has 0 saturated carbocycles. The van der Waals surface area contributed by atoms with Crippen LogP contribution in [0.25, 0.3) is 0 Å². The summed E-state index contributed by atoms with van der Waals surface area (Å²) in [5, 5.41) is 10.8. The van der Waals surface area contributed by atoms with Crippen molar-refractivity contribution in [1.29, 1.82) is 0 Å². The average Bonchev–Trinajstić information content (AvgIpc) is 2.60. The Morgan fingerprint density at radius 3 is 2.18 bits per heavy atom. The molecule has 0 spiro atoms. The molecule has 17 heavy (non-hydrogen) atoms. The van der Waals surface area contributed by atoms with Crippen LogP contribution >= 0.6 is 11.5 Å². The molecular weight excluding hydrogens is 234 g/mol. The molecule has 0 saturated heterocycles. The number of hydrogen-bond acceptors (Lipinski definition) is 5. The summed E-state index contributed by atoms with van der Waals surface area (Å²) in [7, 11) is 0. The van der Waals surface area contributed by atoms with E-state index in [1.807, 2.05) is 0 Å². The van der Waals surface area contributed by atoms with Crippen molar-refractivity contribution in [3.63, 3.8) is 0 Å². The van der Waals surface area contributed by atoms with Gasteiger partial charge >= 0.3 is 0 Å². The molecule has 1 heterocycles. The van der Waals surface area contributed by atoms with Gasteiger partial charge in [-0.25, -0.2) is 4.98 Å². The van der Waals surface area contributed by atoms with Gasteiger partial charge in [0.2, 0.25) is 5.13 Å². The third-order valence-corrected chi connectivity index (χ3v) is 3.09. The zero-order valence-corrected chi connectivity index (χ0v) is 12.4. The number of aliphatic hydroxyl groups is 1. The molecule has 0 aliphatic carbocycles. The van der Waals surface area contributed by atoms with Gasteiger partial charge in [0.15, 0.2) is 0 Å². The Bertz CT molecular complexity index is 363. The molecule has 1 N–H and O–H groups in total. The Hall–Kier alpha value is -0.680. The van der Waals surface area contributed by atoms with Gasteiger partial charge in [-0.15, -0.1) is 0 Å². The molecule has 1 aromatic heterocycles. The fraction of sp³-hybridized carbons (Fsp3) is 0.833. The van der Waals surface area contributed by atoms with E-state index in [1.54, 1.807) is 13.8 Å². The number of rotatable bonds is 4. The van der Waals surface area contributed by atoms with Gasteiger partial charge in [-0.3, -0.25) is 0 Å². The largest absolute Gasteiger partial charge is 0.389 e. The van der Waals surface area contributed by atoms with Crippen molar-refractivity contribution < 1.29 is 5.11 Å². The predicted octanol–water partition coefficient (Wildman–Crippen LogP) is 2.43. The van der Waals surface area contributed by atoms with Gasteiger partial charge in [-0.05, 0) is 20.8 Å². The van der Waals surface area contributed by atoms with Crippen LogP contribution in [0.2, 0.25) is 0 Å². The van der Waals surface area contributed by atoms with Crippen LogP contribution in [-0.4, -0.2) is 33.2 Å². The lowest BCUT2D eigenvalue weighted by atomic mass is 9.96. The first-order valence-corrected chi connectivity index (χ1v) is 6.72. The quantitative estimate of drug-likeness (QED) is 0.900. The number of likely N-dealkylation sites (N-methyl/N-ethyl adjacent to an activating group) is 1. The molecule has 0 atom stereocenters. The number of aromatic nitrogens is 2. The van der Waals surface area contributed by atoms with Gasteiger partial charge in [0.1, 0.15) is 5.82 Å². The Balaban J connectivity index is 2.87. The average molecular weight is 257 g/mol. The summed E-state index contributed by atoms with van der Waals surface area (Å²) >= 11 is 1.40. The summed E-state index contributed by atoms with van der Waals surface area (Å²) in [4.78, 5) is 6.62. The van der Waals surface area contributed by atoms with Gasteiger partial charge in [-0.2, -0.15) is 4.37 Å². The molecule has 1 rings (SSSR count). The normalized spacial score (nSPS) is 12.9. The molecular formula is C12H23N3OS. The lowest BCUT2D eigenvalue weighted by Gasteiger charge is -2.27. The number of anilines is 1. The van der Waals surface area contributed by atoms with Crippen molar-refractivity contribution in [3.05, 3.63) is 5.82 Å². The highest BCUT2D eigenvalue weighted by atomic mass is 32.1. The van der Waals surface area contributed by atoms with Gasteiger partial charge in [-0.1, -0.05) is 20.8 Å². The maximum atomic E-state index is 9.86. The first kappa shape index (κ1) is 14.4. The molecule has 0 unspecified atom stereocenters. The van der Waals surface area contributed by atoms with Crippen LogP contribution in [0.1, 0.15) is 47.4 Å². The predicted molar refractivity (Wildman–Crippen MR) is 72.8 cm³/mol. The second-order valence-electron chi connectivity index (χ2n) is 5.98. The highest BCUT2D eigenvalue weighted by Crippen LogP contribution is 2.26. The number of nitrogens with zero attached hydrogens (tertiary/aromatic N) is 3. The van der Waals surface area contributed by atoms with E-state index in [0.29, 0.717) is 6.54 Å². The van der Waals surface area contributed by atoms with Gasteiger partial charge in [0.25, 0.3) is 0 Å². The van der Waals surface area contributed by atoms with Crippen molar-refractivity contribution in [2.24, 2.45) is 0 Å². The molecule has 0 amide bonds. The lowest BCUT2D eigenvalue weighted by molar-refractivity contribution is 0.0875. The van der Waals surface area contributed by atoms with Crippen LogP contribution in [-0.2, 0) is 5.41 Å². The highest BCUT2D eigenvalue weighted by Gasteiger charge is 2.24. The Morgan fingerprint density at radius 1 is 1.24 bits per heavy atom. The SMILES string of the molecule is CCN(CC(C)(C)O)c1nc(C(C)(C)C)ns1. The molecule has 4 nitrogen and oxygen atoms in total. The van der Waals surface area contributed by atoms with E-state index in [0.717, 1.165) is 17.5 Å². The fourth-order valence-corrected chi connectivity index (χ4v) is 2.35. The molecule has 5 heteroatoms. The minimum atomic E-state index is -0.719. The van der Waals surface area contributed by atoms with E-state index in [4.69, 9.17) is 0 Å². The first-order valence-electron chi connectivity index (χ1n) is 5.95. The van der Waals surface area contributed by atoms with Crippen LogP contribution in [0.3, 0.4) is 0 Å². The molecule has 98 valence electrons. The van der Waals surface area contributed by atoms with Crippen molar-refractivity contribution in [2.45, 2.75) is 52.6 Å². The first-order chi connectivity index (χ1) is 7.63. The number of hydrogen-bond donors (Lipinski definition) is 1. The second kappa shape index (κ2) is 4.90. The summed E-state index contributed by atoms with van der Waals surface area (Å²) < 4.78 is 4.39. The van der Waals surface area contributed by atoms with Crippen molar-refractivity contribution in [3.8, 4) is 0 Å². The lowest BCUT2D eigenvalue weighted by Crippen LogP contribution is -2.38. The highest BCUT2D eigenvalue weighted by molar-refractivity contribution is 7.09.